The first kappa shape index (κ1) is 18.1. The molecule has 0 fully saturated rings. The second-order valence-corrected chi connectivity index (χ2v) is 7.13. The van der Waals surface area contributed by atoms with E-state index in [2.05, 4.69) is 27.7 Å². The Morgan fingerprint density at radius 2 is 1.17 bits per heavy atom. The molecule has 0 aliphatic rings. The summed E-state index contributed by atoms with van der Waals surface area (Å²) in [5.41, 5.74) is 2.38. The Balaban J connectivity index is 2.54. The number of aromatic hydroxyl groups is 2. The summed E-state index contributed by atoms with van der Waals surface area (Å²) in [7, 11) is 0. The van der Waals surface area contributed by atoms with E-state index in [1.54, 1.807) is 36.4 Å². The van der Waals surface area contributed by atoms with Crippen molar-refractivity contribution in [3.05, 3.63) is 58.7 Å². The number of hydrogen-bond acceptors (Lipinski definition) is 3. The van der Waals surface area contributed by atoms with Crippen LogP contribution in [0.4, 0.5) is 0 Å². The zero-order valence-corrected chi connectivity index (χ0v) is 14.8. The summed E-state index contributed by atoms with van der Waals surface area (Å²) in [5, 5.41) is 20.4. The van der Waals surface area contributed by atoms with Gasteiger partial charge in [0.05, 0.1) is 0 Å². The summed E-state index contributed by atoms with van der Waals surface area (Å²) < 4.78 is 0. The molecule has 0 atom stereocenters. The van der Waals surface area contributed by atoms with Gasteiger partial charge in [0.15, 0.2) is 5.78 Å². The van der Waals surface area contributed by atoms with Crippen LogP contribution >= 0.6 is 0 Å². The zero-order chi connectivity index (χ0) is 17.9. The van der Waals surface area contributed by atoms with Crippen molar-refractivity contribution in [1.29, 1.82) is 0 Å². The van der Waals surface area contributed by atoms with E-state index in [0.717, 1.165) is 0 Å². The molecule has 0 aliphatic carbocycles. The molecule has 0 amide bonds. The molecule has 2 N–H and O–H groups in total. The predicted molar refractivity (Wildman–Crippen MR) is 96.7 cm³/mol. The summed E-state index contributed by atoms with van der Waals surface area (Å²) in [6.45, 7) is 8.22. The Labute approximate surface area is 144 Å². The average Bonchev–Trinajstić information content (AvgIpc) is 2.50. The quantitative estimate of drug-likeness (QED) is 0.755. The standard InChI is InChI=1S/C21H26O3/c1-13(2)11-17-15(7-5-9-19(17)22)21(24)16-8-6-10-20(23)18(16)12-14(3)4/h5-10,13-14,22-23H,11-12H2,1-4H3. The number of ketones is 1. The molecule has 0 saturated carbocycles. The molecule has 3 heteroatoms. The molecule has 0 unspecified atom stereocenters. The molecule has 128 valence electrons. The average molecular weight is 326 g/mol. The first-order chi connectivity index (χ1) is 11.3. The highest BCUT2D eigenvalue weighted by Gasteiger charge is 2.21. The van der Waals surface area contributed by atoms with E-state index < -0.39 is 0 Å². The van der Waals surface area contributed by atoms with E-state index in [-0.39, 0.29) is 17.3 Å². The Kier molecular flexibility index (Phi) is 5.66. The van der Waals surface area contributed by atoms with Gasteiger partial charge in [0.25, 0.3) is 0 Å². The molecular weight excluding hydrogens is 300 g/mol. The molecule has 0 heterocycles. The van der Waals surface area contributed by atoms with Crippen molar-refractivity contribution in [1.82, 2.24) is 0 Å². The molecule has 0 aromatic heterocycles. The van der Waals surface area contributed by atoms with Gasteiger partial charge in [-0.25, -0.2) is 0 Å². The number of carbonyl (C=O) groups is 1. The van der Waals surface area contributed by atoms with Gasteiger partial charge in [-0.3, -0.25) is 4.79 Å². The Morgan fingerprint density at radius 3 is 1.50 bits per heavy atom. The highest BCUT2D eigenvalue weighted by atomic mass is 16.3. The van der Waals surface area contributed by atoms with Crippen molar-refractivity contribution >= 4 is 5.78 Å². The van der Waals surface area contributed by atoms with Gasteiger partial charge >= 0.3 is 0 Å². The number of phenolic OH excluding ortho intramolecular Hbond substituents is 2. The van der Waals surface area contributed by atoms with Crippen molar-refractivity contribution in [3.8, 4) is 11.5 Å². The van der Waals surface area contributed by atoms with Crippen LogP contribution in [0.5, 0.6) is 11.5 Å². The lowest BCUT2D eigenvalue weighted by Crippen LogP contribution is -2.11. The van der Waals surface area contributed by atoms with Gasteiger partial charge in [-0.05, 0) is 36.8 Å². The Bertz CT molecular complexity index is 668. The van der Waals surface area contributed by atoms with E-state index in [9.17, 15) is 15.0 Å². The Hall–Kier alpha value is -2.29. The summed E-state index contributed by atoms with van der Waals surface area (Å²) in [4.78, 5) is 13.1. The summed E-state index contributed by atoms with van der Waals surface area (Å²) in [6.07, 6.45) is 1.26. The number of rotatable bonds is 6. The highest BCUT2D eigenvalue weighted by molar-refractivity contribution is 6.11. The van der Waals surface area contributed by atoms with Gasteiger partial charge in [0, 0.05) is 22.3 Å². The van der Waals surface area contributed by atoms with E-state index in [4.69, 9.17) is 0 Å². The van der Waals surface area contributed by atoms with Gasteiger partial charge in [-0.15, -0.1) is 0 Å². The number of carbonyl (C=O) groups excluding carboxylic acids is 1. The van der Waals surface area contributed by atoms with Crippen LogP contribution in [-0.2, 0) is 12.8 Å². The van der Waals surface area contributed by atoms with E-state index in [0.29, 0.717) is 46.9 Å². The second kappa shape index (κ2) is 7.52. The first-order valence-electron chi connectivity index (χ1n) is 8.47. The van der Waals surface area contributed by atoms with Crippen molar-refractivity contribution in [3.63, 3.8) is 0 Å². The van der Waals surface area contributed by atoms with Gasteiger partial charge in [-0.2, -0.15) is 0 Å². The van der Waals surface area contributed by atoms with Crippen LogP contribution in [0, 0.1) is 11.8 Å². The van der Waals surface area contributed by atoms with Crippen molar-refractivity contribution in [2.45, 2.75) is 40.5 Å². The van der Waals surface area contributed by atoms with Gasteiger partial charge in [0.2, 0.25) is 0 Å². The van der Waals surface area contributed by atoms with Crippen LogP contribution in [0.25, 0.3) is 0 Å². The molecule has 24 heavy (non-hydrogen) atoms. The minimum absolute atomic E-state index is 0.145. The van der Waals surface area contributed by atoms with Gasteiger partial charge in [0.1, 0.15) is 11.5 Å². The molecule has 2 aromatic rings. The van der Waals surface area contributed by atoms with E-state index in [1.807, 2.05) is 0 Å². The minimum atomic E-state index is -0.145. The lowest BCUT2D eigenvalue weighted by Gasteiger charge is -2.16. The summed E-state index contributed by atoms with van der Waals surface area (Å²) >= 11 is 0. The SMILES string of the molecule is CC(C)Cc1c(O)cccc1C(=O)c1cccc(O)c1CC(C)C. The summed E-state index contributed by atoms with van der Waals surface area (Å²) in [5.74, 6) is 0.807. The largest absolute Gasteiger partial charge is 0.508 e. The summed E-state index contributed by atoms with van der Waals surface area (Å²) in [6, 6.07) is 10.1. The molecular formula is C21H26O3. The molecule has 0 aliphatic heterocycles. The van der Waals surface area contributed by atoms with Crippen molar-refractivity contribution in [2.24, 2.45) is 11.8 Å². The van der Waals surface area contributed by atoms with Crippen LogP contribution in [-0.4, -0.2) is 16.0 Å². The third-order valence-electron chi connectivity index (χ3n) is 4.02. The molecule has 0 bridgehead atoms. The fourth-order valence-electron chi connectivity index (χ4n) is 2.97. The number of benzene rings is 2. The van der Waals surface area contributed by atoms with Crippen LogP contribution in [0.2, 0.25) is 0 Å². The van der Waals surface area contributed by atoms with E-state index in [1.165, 1.54) is 0 Å². The third-order valence-corrected chi connectivity index (χ3v) is 4.02. The fourth-order valence-corrected chi connectivity index (χ4v) is 2.97. The topological polar surface area (TPSA) is 57.5 Å². The molecule has 0 saturated heterocycles. The normalized spacial score (nSPS) is 11.2. The van der Waals surface area contributed by atoms with Crippen LogP contribution in [0.15, 0.2) is 36.4 Å². The fraction of sp³-hybridized carbons (Fsp3) is 0.381. The molecule has 0 radical (unpaired) electrons. The lowest BCUT2D eigenvalue weighted by atomic mass is 9.88. The molecule has 2 rings (SSSR count). The third kappa shape index (κ3) is 3.97. The number of hydrogen-bond donors (Lipinski definition) is 2. The number of phenols is 2. The van der Waals surface area contributed by atoms with Crippen molar-refractivity contribution < 1.29 is 15.0 Å². The molecule has 0 spiro atoms. The maximum Gasteiger partial charge on any atom is 0.193 e. The maximum absolute atomic E-state index is 13.1. The first-order valence-corrected chi connectivity index (χ1v) is 8.47. The van der Waals surface area contributed by atoms with Crippen LogP contribution in [0.1, 0.15) is 54.7 Å². The monoisotopic (exact) mass is 326 g/mol. The van der Waals surface area contributed by atoms with Crippen molar-refractivity contribution in [2.75, 3.05) is 0 Å². The maximum atomic E-state index is 13.1. The molecule has 2 aromatic carbocycles. The highest BCUT2D eigenvalue weighted by Crippen LogP contribution is 2.30. The van der Waals surface area contributed by atoms with E-state index >= 15 is 0 Å². The lowest BCUT2D eigenvalue weighted by molar-refractivity contribution is 0.103. The van der Waals surface area contributed by atoms with Crippen LogP contribution < -0.4 is 0 Å². The zero-order valence-electron chi connectivity index (χ0n) is 14.8. The second-order valence-electron chi connectivity index (χ2n) is 7.13. The minimum Gasteiger partial charge on any atom is -0.508 e. The van der Waals surface area contributed by atoms with Crippen LogP contribution in [0.3, 0.4) is 0 Å². The smallest absolute Gasteiger partial charge is 0.193 e. The predicted octanol–water partition coefficient (Wildman–Crippen LogP) is 4.73. The Morgan fingerprint density at radius 1 is 0.792 bits per heavy atom. The van der Waals surface area contributed by atoms with Gasteiger partial charge < -0.3 is 10.2 Å². The molecule has 3 nitrogen and oxygen atoms in total. The van der Waals surface area contributed by atoms with Gasteiger partial charge in [-0.1, -0.05) is 52.0 Å².